The van der Waals surface area contributed by atoms with Gasteiger partial charge in [-0.05, 0) is 36.2 Å². The molecule has 0 spiro atoms. The fraction of sp³-hybridized carbons (Fsp3) is 0.217. The van der Waals surface area contributed by atoms with Gasteiger partial charge < -0.3 is 4.90 Å². The molecule has 0 unspecified atom stereocenters. The Kier molecular flexibility index (Phi) is 7.65. The van der Waals surface area contributed by atoms with E-state index in [1.165, 1.54) is 17.3 Å². The molecule has 0 aliphatic carbocycles. The Labute approximate surface area is 182 Å². The average Bonchev–Trinajstić information content (AvgIpc) is 2.78. The number of sulfone groups is 1. The third kappa shape index (κ3) is 5.93. The molecule has 7 heteroatoms. The minimum Gasteiger partial charge on any atom is -0.341 e. The van der Waals surface area contributed by atoms with Crippen LogP contribution in [0.5, 0.6) is 0 Å². The van der Waals surface area contributed by atoms with Crippen molar-refractivity contribution >= 4 is 27.5 Å². The smallest absolute Gasteiger partial charge is 0.256 e. The molecule has 1 amide bonds. The molecule has 156 valence electrons. The van der Waals surface area contributed by atoms with Crippen molar-refractivity contribution in [1.29, 1.82) is 0 Å². The van der Waals surface area contributed by atoms with Gasteiger partial charge in [0.25, 0.3) is 5.91 Å². The van der Waals surface area contributed by atoms with Crippen LogP contribution in [0, 0.1) is 0 Å². The summed E-state index contributed by atoms with van der Waals surface area (Å²) in [5.41, 5.74) is 1.67. The van der Waals surface area contributed by atoms with Crippen molar-refractivity contribution in [2.45, 2.75) is 16.3 Å². The van der Waals surface area contributed by atoms with Gasteiger partial charge in [-0.25, -0.2) is 13.4 Å². The summed E-state index contributed by atoms with van der Waals surface area (Å²) in [5, 5.41) is 0.553. The molecule has 1 aromatic heterocycles. The Morgan fingerprint density at radius 1 is 0.967 bits per heavy atom. The molecule has 3 aromatic rings. The molecular weight excluding hydrogens is 416 g/mol. The molecule has 0 aliphatic rings. The summed E-state index contributed by atoms with van der Waals surface area (Å²) in [5.74, 6) is 0.185. The molecule has 1 heterocycles. The van der Waals surface area contributed by atoms with Crippen molar-refractivity contribution in [3.8, 4) is 0 Å². The summed E-state index contributed by atoms with van der Waals surface area (Å²) < 4.78 is 24.9. The van der Waals surface area contributed by atoms with Gasteiger partial charge in [-0.2, -0.15) is 0 Å². The topological polar surface area (TPSA) is 67.3 Å². The minimum atomic E-state index is -3.36. The van der Waals surface area contributed by atoms with E-state index in [1.54, 1.807) is 60.6 Å². The lowest BCUT2D eigenvalue weighted by Crippen LogP contribution is -2.29. The van der Waals surface area contributed by atoms with Gasteiger partial charge in [0.15, 0.2) is 9.84 Å². The van der Waals surface area contributed by atoms with Crippen molar-refractivity contribution in [3.05, 3.63) is 90.1 Å². The van der Waals surface area contributed by atoms with Crippen molar-refractivity contribution in [1.82, 2.24) is 9.88 Å². The van der Waals surface area contributed by atoms with Crippen LogP contribution >= 0.6 is 11.8 Å². The summed E-state index contributed by atoms with van der Waals surface area (Å²) in [7, 11) is -1.59. The zero-order valence-corrected chi connectivity index (χ0v) is 18.4. The van der Waals surface area contributed by atoms with Gasteiger partial charge in [0.2, 0.25) is 0 Å². The molecule has 0 saturated carbocycles. The van der Waals surface area contributed by atoms with Crippen molar-refractivity contribution in [2.24, 2.45) is 0 Å². The summed E-state index contributed by atoms with van der Waals surface area (Å²) in [6, 6.07) is 21.9. The quantitative estimate of drug-likeness (QED) is 0.471. The Bertz CT molecular complexity index is 1070. The van der Waals surface area contributed by atoms with Crippen LogP contribution in [0.15, 0.2) is 88.9 Å². The van der Waals surface area contributed by atoms with Crippen LogP contribution in [0.25, 0.3) is 0 Å². The number of thioether (sulfide) groups is 1. The van der Waals surface area contributed by atoms with Crippen molar-refractivity contribution in [3.63, 3.8) is 0 Å². The summed E-state index contributed by atoms with van der Waals surface area (Å²) in [6.45, 7) is 0.588. The molecule has 0 radical (unpaired) electrons. The first kappa shape index (κ1) is 22.1. The zero-order chi connectivity index (χ0) is 21.4. The molecule has 30 heavy (non-hydrogen) atoms. The number of carbonyl (C=O) groups excluding carboxylic acids is 1. The Morgan fingerprint density at radius 2 is 1.63 bits per heavy atom. The molecule has 5 nitrogen and oxygen atoms in total. The van der Waals surface area contributed by atoms with Crippen LogP contribution in [0.1, 0.15) is 15.9 Å². The Balaban J connectivity index is 1.61. The van der Waals surface area contributed by atoms with Gasteiger partial charge in [-0.1, -0.05) is 48.5 Å². The number of amides is 1. The van der Waals surface area contributed by atoms with E-state index in [0.717, 1.165) is 6.42 Å². The van der Waals surface area contributed by atoms with Crippen LogP contribution in [0.2, 0.25) is 0 Å². The first-order valence-corrected chi connectivity index (χ1v) is 12.3. The maximum absolute atomic E-state index is 12.9. The van der Waals surface area contributed by atoms with Crippen LogP contribution in [-0.4, -0.2) is 49.3 Å². The van der Waals surface area contributed by atoms with Crippen molar-refractivity contribution < 1.29 is 13.2 Å². The van der Waals surface area contributed by atoms with Gasteiger partial charge >= 0.3 is 0 Å². The van der Waals surface area contributed by atoms with E-state index in [4.69, 9.17) is 0 Å². The first-order valence-electron chi connectivity index (χ1n) is 9.62. The second-order valence-electron chi connectivity index (χ2n) is 6.80. The number of pyridine rings is 1. The number of likely N-dealkylation sites (N-methyl/N-ethyl adjacent to an activating group) is 1. The lowest BCUT2D eigenvalue weighted by molar-refractivity contribution is 0.0792. The molecule has 0 bridgehead atoms. The predicted molar refractivity (Wildman–Crippen MR) is 121 cm³/mol. The van der Waals surface area contributed by atoms with Gasteiger partial charge in [0.05, 0.1) is 16.2 Å². The second-order valence-corrected chi connectivity index (χ2v) is 9.99. The normalized spacial score (nSPS) is 11.2. The number of aromatic nitrogens is 1. The SMILES string of the molecule is CN(CCc1ccccc1)C(=O)c1cccnc1SCCS(=O)(=O)c1ccccc1. The molecule has 3 rings (SSSR count). The highest BCUT2D eigenvalue weighted by atomic mass is 32.2. The number of benzene rings is 2. The monoisotopic (exact) mass is 440 g/mol. The number of hydrogen-bond acceptors (Lipinski definition) is 5. The highest BCUT2D eigenvalue weighted by Crippen LogP contribution is 2.23. The van der Waals surface area contributed by atoms with Crippen molar-refractivity contribution in [2.75, 3.05) is 25.1 Å². The lowest BCUT2D eigenvalue weighted by atomic mass is 10.1. The fourth-order valence-electron chi connectivity index (χ4n) is 2.91. The third-order valence-corrected chi connectivity index (χ3v) is 7.62. The molecule has 0 saturated heterocycles. The van der Waals surface area contributed by atoms with E-state index in [-0.39, 0.29) is 11.7 Å². The standard InChI is InChI=1S/C23H24N2O3S2/c1-25(16-14-19-9-4-2-5-10-19)23(26)21-13-8-15-24-22(21)29-17-18-30(27,28)20-11-6-3-7-12-20/h2-13,15H,14,16-18H2,1H3. The predicted octanol–water partition coefficient (Wildman–Crippen LogP) is 3.96. The molecular formula is C23H24N2O3S2. The highest BCUT2D eigenvalue weighted by molar-refractivity contribution is 8.00. The van der Waals surface area contributed by atoms with Gasteiger partial charge in [-0.3, -0.25) is 4.79 Å². The molecule has 0 N–H and O–H groups in total. The maximum atomic E-state index is 12.9. The number of carbonyl (C=O) groups is 1. The zero-order valence-electron chi connectivity index (χ0n) is 16.8. The van der Waals surface area contributed by atoms with E-state index in [2.05, 4.69) is 4.98 Å². The second kappa shape index (κ2) is 10.4. The summed E-state index contributed by atoms with van der Waals surface area (Å²) >= 11 is 1.29. The van der Waals surface area contributed by atoms with E-state index in [1.807, 2.05) is 30.3 Å². The van der Waals surface area contributed by atoms with Gasteiger partial charge in [-0.15, -0.1) is 11.8 Å². The van der Waals surface area contributed by atoms with E-state index in [0.29, 0.717) is 27.8 Å². The van der Waals surface area contributed by atoms with E-state index in [9.17, 15) is 13.2 Å². The van der Waals surface area contributed by atoms with Crippen LogP contribution in [0.4, 0.5) is 0 Å². The molecule has 2 aromatic carbocycles. The molecule has 0 atom stereocenters. The van der Waals surface area contributed by atoms with E-state index < -0.39 is 9.84 Å². The first-order chi connectivity index (χ1) is 14.5. The van der Waals surface area contributed by atoms with Crippen LogP contribution in [0.3, 0.4) is 0 Å². The Hall–Kier alpha value is -2.64. The Morgan fingerprint density at radius 3 is 2.33 bits per heavy atom. The van der Waals surface area contributed by atoms with Crippen LogP contribution < -0.4 is 0 Å². The number of rotatable bonds is 9. The minimum absolute atomic E-state index is 0.0181. The van der Waals surface area contributed by atoms with Gasteiger partial charge in [0.1, 0.15) is 5.03 Å². The number of nitrogens with zero attached hydrogens (tertiary/aromatic N) is 2. The summed E-state index contributed by atoms with van der Waals surface area (Å²) in [6.07, 6.45) is 2.38. The lowest BCUT2D eigenvalue weighted by Gasteiger charge is -2.18. The third-order valence-electron chi connectivity index (χ3n) is 4.62. The highest BCUT2D eigenvalue weighted by Gasteiger charge is 2.19. The van der Waals surface area contributed by atoms with E-state index >= 15 is 0 Å². The van der Waals surface area contributed by atoms with Gasteiger partial charge in [0, 0.05) is 25.5 Å². The largest absolute Gasteiger partial charge is 0.341 e. The number of hydrogen-bond donors (Lipinski definition) is 0. The van der Waals surface area contributed by atoms with Crippen LogP contribution in [-0.2, 0) is 16.3 Å². The molecule has 0 fully saturated rings. The average molecular weight is 441 g/mol. The molecule has 0 aliphatic heterocycles. The maximum Gasteiger partial charge on any atom is 0.256 e. The summed E-state index contributed by atoms with van der Waals surface area (Å²) in [4.78, 5) is 19.2. The fourth-order valence-corrected chi connectivity index (χ4v) is 5.57.